The Bertz CT molecular complexity index is 1540. The largest absolute Gasteiger partial charge is 0.481 e. The number of nitrogens with one attached hydrogen (secondary N) is 2. The van der Waals surface area contributed by atoms with E-state index in [0.717, 1.165) is 40.2 Å². The van der Waals surface area contributed by atoms with E-state index in [9.17, 15) is 19.5 Å². The molecule has 1 amide bonds. The van der Waals surface area contributed by atoms with E-state index in [2.05, 4.69) is 28.5 Å². The zero-order valence-corrected chi connectivity index (χ0v) is 19.6. The van der Waals surface area contributed by atoms with Crippen LogP contribution in [-0.4, -0.2) is 27.8 Å². The van der Waals surface area contributed by atoms with Crippen molar-refractivity contribution in [3.8, 4) is 10.4 Å². The zero-order chi connectivity index (χ0) is 24.1. The van der Waals surface area contributed by atoms with E-state index in [4.69, 9.17) is 0 Å². The quantitative estimate of drug-likeness (QED) is 0.307. The minimum atomic E-state index is -0.917. The summed E-state index contributed by atoms with van der Waals surface area (Å²) in [5.41, 5.74) is 5.88. The maximum atomic E-state index is 13.0. The van der Waals surface area contributed by atoms with Gasteiger partial charge in [0.15, 0.2) is 5.78 Å². The second-order valence-corrected chi connectivity index (χ2v) is 10.0. The number of thiophene rings is 1. The number of aromatic amines is 1. The minimum Gasteiger partial charge on any atom is -0.481 e. The number of H-pyrrole nitrogens is 1. The first-order valence-electron chi connectivity index (χ1n) is 11.6. The highest BCUT2D eigenvalue weighted by atomic mass is 32.1. The maximum absolute atomic E-state index is 13.0. The molecule has 1 aliphatic heterocycles. The average molecular weight is 483 g/mol. The summed E-state index contributed by atoms with van der Waals surface area (Å²) in [7, 11) is 0. The molecule has 0 saturated heterocycles. The van der Waals surface area contributed by atoms with Crippen LogP contribution in [0.4, 0.5) is 5.69 Å². The molecule has 0 fully saturated rings. The van der Waals surface area contributed by atoms with Gasteiger partial charge in [-0.05, 0) is 60.1 Å². The van der Waals surface area contributed by atoms with Crippen molar-refractivity contribution in [1.82, 2.24) is 4.98 Å². The third-order valence-electron chi connectivity index (χ3n) is 6.71. The van der Waals surface area contributed by atoms with E-state index in [0.29, 0.717) is 28.8 Å². The SMILES string of the molecule is O=C(O)CCc1c(C=C2C(=O)Nc3cc(-c4cc5ccccc5s4)ccc32)[nH]c2c1C(=O)CCC2. The smallest absolute Gasteiger partial charge is 0.303 e. The van der Waals surface area contributed by atoms with Gasteiger partial charge in [0.25, 0.3) is 5.91 Å². The van der Waals surface area contributed by atoms with E-state index in [1.807, 2.05) is 30.3 Å². The van der Waals surface area contributed by atoms with Gasteiger partial charge in [0.05, 0.1) is 5.57 Å². The molecule has 0 saturated carbocycles. The number of carboxylic acid groups (broad SMARTS) is 1. The monoisotopic (exact) mass is 482 g/mol. The molecular weight excluding hydrogens is 460 g/mol. The van der Waals surface area contributed by atoms with Crippen LogP contribution < -0.4 is 5.32 Å². The van der Waals surface area contributed by atoms with Crippen molar-refractivity contribution < 1.29 is 19.5 Å². The van der Waals surface area contributed by atoms with Gasteiger partial charge < -0.3 is 15.4 Å². The van der Waals surface area contributed by atoms with Gasteiger partial charge in [0, 0.05) is 50.6 Å². The molecule has 35 heavy (non-hydrogen) atoms. The van der Waals surface area contributed by atoms with Crippen LogP contribution in [0.1, 0.15) is 52.1 Å². The lowest BCUT2D eigenvalue weighted by Gasteiger charge is -2.11. The van der Waals surface area contributed by atoms with Crippen molar-refractivity contribution in [3.63, 3.8) is 0 Å². The molecule has 6 rings (SSSR count). The Morgan fingerprint density at radius 2 is 1.94 bits per heavy atom. The van der Waals surface area contributed by atoms with Crippen LogP contribution in [0, 0.1) is 0 Å². The molecule has 0 unspecified atom stereocenters. The number of fused-ring (bicyclic) bond motifs is 3. The zero-order valence-electron chi connectivity index (χ0n) is 18.8. The summed E-state index contributed by atoms with van der Waals surface area (Å²) in [6.07, 6.45) is 3.91. The number of amides is 1. The lowest BCUT2D eigenvalue weighted by atomic mass is 9.91. The van der Waals surface area contributed by atoms with Crippen LogP contribution in [0.3, 0.4) is 0 Å². The number of aryl methyl sites for hydroxylation is 1. The molecular formula is C28H22N2O4S. The van der Waals surface area contributed by atoms with E-state index in [-0.39, 0.29) is 24.5 Å². The predicted molar refractivity (Wildman–Crippen MR) is 138 cm³/mol. The fourth-order valence-electron chi connectivity index (χ4n) is 5.07. The number of aromatic nitrogens is 1. The summed E-state index contributed by atoms with van der Waals surface area (Å²) >= 11 is 1.71. The highest BCUT2D eigenvalue weighted by Gasteiger charge is 2.29. The van der Waals surface area contributed by atoms with Gasteiger partial charge in [0.1, 0.15) is 0 Å². The minimum absolute atomic E-state index is 0.0387. The summed E-state index contributed by atoms with van der Waals surface area (Å²) in [5.74, 6) is -1.09. The van der Waals surface area contributed by atoms with Gasteiger partial charge in [0.2, 0.25) is 0 Å². The lowest BCUT2D eigenvalue weighted by molar-refractivity contribution is -0.137. The van der Waals surface area contributed by atoms with Crippen LogP contribution in [0.25, 0.3) is 32.2 Å². The van der Waals surface area contributed by atoms with Gasteiger partial charge in [-0.15, -0.1) is 11.3 Å². The number of carboxylic acids is 1. The van der Waals surface area contributed by atoms with E-state index in [1.54, 1.807) is 17.4 Å². The van der Waals surface area contributed by atoms with E-state index < -0.39 is 5.97 Å². The molecule has 4 aromatic rings. The first kappa shape index (κ1) is 21.6. The molecule has 2 aromatic heterocycles. The number of hydrogen-bond acceptors (Lipinski definition) is 4. The van der Waals surface area contributed by atoms with Crippen molar-refractivity contribution in [3.05, 3.63) is 76.6 Å². The Kier molecular flexibility index (Phi) is 5.15. The number of carbonyl (C=O) groups excluding carboxylic acids is 2. The highest BCUT2D eigenvalue weighted by Crippen LogP contribution is 2.40. The van der Waals surface area contributed by atoms with Gasteiger partial charge >= 0.3 is 5.97 Å². The molecule has 7 heteroatoms. The van der Waals surface area contributed by atoms with Crippen LogP contribution in [0.2, 0.25) is 0 Å². The van der Waals surface area contributed by atoms with Crippen molar-refractivity contribution in [2.24, 2.45) is 0 Å². The molecule has 0 spiro atoms. The van der Waals surface area contributed by atoms with Crippen LogP contribution >= 0.6 is 11.3 Å². The summed E-state index contributed by atoms with van der Waals surface area (Å²) in [5, 5.41) is 13.4. The van der Waals surface area contributed by atoms with Crippen molar-refractivity contribution in [2.45, 2.75) is 32.1 Å². The molecule has 1 aliphatic carbocycles. The normalized spacial score (nSPS) is 15.9. The Morgan fingerprint density at radius 1 is 1.09 bits per heavy atom. The molecule has 0 atom stereocenters. The van der Waals surface area contributed by atoms with Crippen molar-refractivity contribution in [2.75, 3.05) is 5.32 Å². The summed E-state index contributed by atoms with van der Waals surface area (Å²) in [4.78, 5) is 41.3. The summed E-state index contributed by atoms with van der Waals surface area (Å²) < 4.78 is 1.21. The Morgan fingerprint density at radius 3 is 2.77 bits per heavy atom. The second kappa shape index (κ2) is 8.36. The molecule has 0 bridgehead atoms. The summed E-state index contributed by atoms with van der Waals surface area (Å²) in [6.45, 7) is 0. The van der Waals surface area contributed by atoms with E-state index in [1.165, 1.54) is 10.1 Å². The van der Waals surface area contributed by atoms with Crippen molar-refractivity contribution in [1.29, 1.82) is 0 Å². The Balaban J connectivity index is 1.40. The molecule has 3 heterocycles. The molecule has 174 valence electrons. The molecule has 3 N–H and O–H groups in total. The van der Waals surface area contributed by atoms with Crippen LogP contribution in [0.5, 0.6) is 0 Å². The molecule has 2 aromatic carbocycles. The highest BCUT2D eigenvalue weighted by molar-refractivity contribution is 7.22. The first-order valence-corrected chi connectivity index (χ1v) is 12.4. The number of hydrogen-bond donors (Lipinski definition) is 3. The van der Waals surface area contributed by atoms with Crippen molar-refractivity contribution >= 4 is 56.4 Å². The number of carbonyl (C=O) groups is 3. The fourth-order valence-corrected chi connectivity index (χ4v) is 6.13. The maximum Gasteiger partial charge on any atom is 0.303 e. The van der Waals surface area contributed by atoms with E-state index >= 15 is 0 Å². The Labute approximate surface area is 205 Å². The topological polar surface area (TPSA) is 99.3 Å². The fraction of sp³-hybridized carbons (Fsp3) is 0.179. The third kappa shape index (κ3) is 3.78. The molecule has 0 radical (unpaired) electrons. The van der Waals surface area contributed by atoms with Crippen LogP contribution in [-0.2, 0) is 22.4 Å². The van der Waals surface area contributed by atoms with Crippen LogP contribution in [0.15, 0.2) is 48.5 Å². The standard InChI is InChI=1S/C28H22N2O4S/c31-23-6-3-5-20-27(23)18(10-11-26(32)33)22(29-20)14-19-17-9-8-16(12-21(17)30-28(19)34)25-13-15-4-1-2-7-24(15)35-25/h1-2,4,7-9,12-14,29H,3,5-6,10-11H2,(H,30,34)(H,32,33). The average Bonchev–Trinajstić information content (AvgIpc) is 3.51. The van der Waals surface area contributed by atoms with Gasteiger partial charge in [-0.3, -0.25) is 14.4 Å². The predicted octanol–water partition coefficient (Wildman–Crippen LogP) is 5.93. The number of Topliss-reactive ketones (excluding diaryl/α,β-unsaturated/α-hetero) is 1. The first-order chi connectivity index (χ1) is 17.0. The number of ketones is 1. The number of aliphatic carboxylic acids is 1. The van der Waals surface area contributed by atoms with Gasteiger partial charge in [-0.25, -0.2) is 0 Å². The molecule has 6 nitrogen and oxygen atoms in total. The summed E-state index contributed by atoms with van der Waals surface area (Å²) in [6, 6.07) is 16.4. The number of rotatable bonds is 5. The molecule has 2 aliphatic rings. The lowest BCUT2D eigenvalue weighted by Crippen LogP contribution is -2.11. The second-order valence-electron chi connectivity index (χ2n) is 8.96. The van der Waals surface area contributed by atoms with Gasteiger partial charge in [-0.1, -0.05) is 30.3 Å². The van der Waals surface area contributed by atoms with Gasteiger partial charge in [-0.2, -0.15) is 0 Å². The third-order valence-corrected chi connectivity index (χ3v) is 7.88. The Hall–Kier alpha value is -3.97. The number of benzene rings is 2. The number of anilines is 1.